The molecule has 3 heteroatoms. The van der Waals surface area contributed by atoms with Crippen molar-refractivity contribution in [3.8, 4) is 0 Å². The Kier molecular flexibility index (Phi) is 4.52. The molecule has 2 aromatic rings. The van der Waals surface area contributed by atoms with Crippen LogP contribution in [-0.4, -0.2) is 12.1 Å². The second-order valence-electron chi connectivity index (χ2n) is 7.47. The van der Waals surface area contributed by atoms with Crippen molar-refractivity contribution in [2.75, 3.05) is 0 Å². The second kappa shape index (κ2) is 6.60. The van der Waals surface area contributed by atoms with Crippen LogP contribution in [0.1, 0.15) is 49.8 Å². The highest BCUT2D eigenvalue weighted by atomic mass is 16.2. The number of hydrogen-bond acceptors (Lipinski definition) is 2. The van der Waals surface area contributed by atoms with E-state index in [9.17, 15) is 4.79 Å². The summed E-state index contributed by atoms with van der Waals surface area (Å²) in [7, 11) is 0. The van der Waals surface area contributed by atoms with Crippen LogP contribution in [0, 0.1) is 5.92 Å². The highest BCUT2D eigenvalue weighted by molar-refractivity contribution is 5.85. The summed E-state index contributed by atoms with van der Waals surface area (Å²) in [6.07, 6.45) is 2.61. The summed E-state index contributed by atoms with van der Waals surface area (Å²) in [4.78, 5) is 12.1. The maximum absolute atomic E-state index is 12.1. The van der Waals surface area contributed by atoms with Crippen LogP contribution in [0.3, 0.4) is 0 Å². The average molecular weight is 320 g/mol. The largest absolute Gasteiger partial charge is 0.273 e. The van der Waals surface area contributed by atoms with Gasteiger partial charge in [0.15, 0.2) is 0 Å². The summed E-state index contributed by atoms with van der Waals surface area (Å²) in [5.41, 5.74) is 6.31. The Morgan fingerprint density at radius 3 is 2.38 bits per heavy atom. The van der Waals surface area contributed by atoms with Crippen LogP contribution in [0.5, 0.6) is 0 Å². The van der Waals surface area contributed by atoms with Gasteiger partial charge >= 0.3 is 0 Å². The molecule has 2 unspecified atom stereocenters. The quantitative estimate of drug-likeness (QED) is 0.664. The number of amides is 1. The van der Waals surface area contributed by atoms with Crippen LogP contribution in [0.25, 0.3) is 0 Å². The molecule has 2 atom stereocenters. The molecule has 0 bridgehead atoms. The van der Waals surface area contributed by atoms with Crippen LogP contribution >= 0.6 is 0 Å². The molecule has 0 spiro atoms. The van der Waals surface area contributed by atoms with Gasteiger partial charge in [-0.05, 0) is 34.4 Å². The molecule has 0 saturated heterocycles. The lowest BCUT2D eigenvalue weighted by Crippen LogP contribution is -2.20. The molecule has 0 aliphatic heterocycles. The summed E-state index contributed by atoms with van der Waals surface area (Å²) >= 11 is 0. The first kappa shape index (κ1) is 16.4. The number of nitrogens with one attached hydrogen (secondary N) is 1. The van der Waals surface area contributed by atoms with E-state index in [4.69, 9.17) is 0 Å². The van der Waals surface area contributed by atoms with Gasteiger partial charge in [-0.2, -0.15) is 5.10 Å². The molecule has 2 aromatic carbocycles. The molecule has 24 heavy (non-hydrogen) atoms. The smallest absolute Gasteiger partial charge is 0.243 e. The van der Waals surface area contributed by atoms with Crippen molar-refractivity contribution in [3.63, 3.8) is 0 Å². The van der Waals surface area contributed by atoms with E-state index in [0.717, 1.165) is 12.0 Å². The summed E-state index contributed by atoms with van der Waals surface area (Å²) in [6, 6.07) is 18.5. The van der Waals surface area contributed by atoms with Gasteiger partial charge in [-0.25, -0.2) is 5.43 Å². The van der Waals surface area contributed by atoms with Crippen molar-refractivity contribution in [2.24, 2.45) is 11.0 Å². The molecule has 1 fully saturated rings. The predicted octanol–water partition coefficient (Wildman–Crippen LogP) is 4.24. The zero-order valence-electron chi connectivity index (χ0n) is 14.5. The molecule has 1 saturated carbocycles. The van der Waals surface area contributed by atoms with E-state index in [1.807, 2.05) is 30.3 Å². The average Bonchev–Trinajstić information content (AvgIpc) is 3.36. The first-order valence-corrected chi connectivity index (χ1v) is 8.43. The van der Waals surface area contributed by atoms with Gasteiger partial charge in [-0.15, -0.1) is 0 Å². The molecular weight excluding hydrogens is 296 g/mol. The maximum atomic E-state index is 12.1. The Morgan fingerprint density at radius 2 is 1.75 bits per heavy atom. The molecule has 3 nitrogen and oxygen atoms in total. The van der Waals surface area contributed by atoms with Crippen molar-refractivity contribution in [2.45, 2.75) is 38.5 Å². The Hall–Kier alpha value is -2.42. The van der Waals surface area contributed by atoms with Crippen molar-refractivity contribution in [3.05, 3.63) is 71.3 Å². The van der Waals surface area contributed by atoms with Gasteiger partial charge in [-0.3, -0.25) is 4.79 Å². The molecule has 1 aliphatic rings. The summed E-state index contributed by atoms with van der Waals surface area (Å²) in [5.74, 6) is 0.395. The Morgan fingerprint density at radius 1 is 1.08 bits per heavy atom. The van der Waals surface area contributed by atoms with Crippen molar-refractivity contribution >= 4 is 12.1 Å². The SMILES string of the molecule is CC(C)(C)c1ccc(C=NNC(=O)C2CC2c2ccccc2)cc1. The van der Waals surface area contributed by atoms with Crippen molar-refractivity contribution in [1.82, 2.24) is 5.43 Å². The van der Waals surface area contributed by atoms with Gasteiger partial charge in [0.05, 0.1) is 6.21 Å². The van der Waals surface area contributed by atoms with Crippen LogP contribution in [0.15, 0.2) is 59.7 Å². The third-order valence-electron chi connectivity index (χ3n) is 4.52. The van der Waals surface area contributed by atoms with E-state index in [0.29, 0.717) is 5.92 Å². The first-order chi connectivity index (χ1) is 11.4. The third kappa shape index (κ3) is 3.91. The highest BCUT2D eigenvalue weighted by Crippen LogP contribution is 2.47. The molecule has 124 valence electrons. The zero-order chi connectivity index (χ0) is 17.2. The molecule has 1 N–H and O–H groups in total. The third-order valence-corrected chi connectivity index (χ3v) is 4.52. The topological polar surface area (TPSA) is 41.5 Å². The van der Waals surface area contributed by atoms with E-state index >= 15 is 0 Å². The number of hydrogen-bond donors (Lipinski definition) is 1. The normalized spacial score (nSPS) is 20.1. The molecule has 0 heterocycles. The Bertz CT molecular complexity index is 727. The van der Waals surface area contributed by atoms with E-state index in [1.54, 1.807) is 6.21 Å². The lowest BCUT2D eigenvalue weighted by atomic mass is 9.87. The minimum absolute atomic E-state index is 0.00594. The maximum Gasteiger partial charge on any atom is 0.243 e. The van der Waals surface area contributed by atoms with Crippen LogP contribution in [-0.2, 0) is 10.2 Å². The molecule has 1 aliphatic carbocycles. The lowest BCUT2D eigenvalue weighted by molar-refractivity contribution is -0.122. The summed E-state index contributed by atoms with van der Waals surface area (Å²) in [6.45, 7) is 6.57. The predicted molar refractivity (Wildman–Crippen MR) is 98.2 cm³/mol. The first-order valence-electron chi connectivity index (χ1n) is 8.43. The lowest BCUT2D eigenvalue weighted by Gasteiger charge is -2.18. The minimum atomic E-state index is 0.00594. The number of hydrazone groups is 1. The number of carbonyl (C=O) groups excluding carboxylic acids is 1. The standard InChI is InChI=1S/C21H24N2O/c1-21(2,3)17-11-9-15(10-12-17)14-22-23-20(24)19-13-18(19)16-7-5-4-6-8-16/h4-12,14,18-19H,13H2,1-3H3,(H,23,24). The van der Waals surface area contributed by atoms with Gasteiger partial charge in [0.2, 0.25) is 5.91 Å². The van der Waals surface area contributed by atoms with E-state index < -0.39 is 0 Å². The number of nitrogens with zero attached hydrogens (tertiary/aromatic N) is 1. The minimum Gasteiger partial charge on any atom is -0.273 e. The Labute approximate surface area is 143 Å². The molecule has 0 aromatic heterocycles. The number of carbonyl (C=O) groups is 1. The van der Waals surface area contributed by atoms with Gasteiger partial charge in [0, 0.05) is 5.92 Å². The fourth-order valence-electron chi connectivity index (χ4n) is 2.88. The molecular formula is C21H24N2O. The van der Waals surface area contributed by atoms with Gasteiger partial charge in [0.1, 0.15) is 0 Å². The van der Waals surface area contributed by atoms with E-state index in [2.05, 4.69) is 55.6 Å². The van der Waals surface area contributed by atoms with Gasteiger partial charge in [-0.1, -0.05) is 75.4 Å². The second-order valence-corrected chi connectivity index (χ2v) is 7.47. The van der Waals surface area contributed by atoms with Crippen molar-refractivity contribution in [1.29, 1.82) is 0 Å². The van der Waals surface area contributed by atoms with Crippen LogP contribution in [0.2, 0.25) is 0 Å². The Balaban J connectivity index is 1.53. The van der Waals surface area contributed by atoms with Crippen molar-refractivity contribution < 1.29 is 4.79 Å². The van der Waals surface area contributed by atoms with E-state index in [1.165, 1.54) is 11.1 Å². The van der Waals surface area contributed by atoms with Crippen LogP contribution < -0.4 is 5.43 Å². The zero-order valence-corrected chi connectivity index (χ0v) is 14.5. The summed E-state index contributed by atoms with van der Waals surface area (Å²) < 4.78 is 0. The fourth-order valence-corrected chi connectivity index (χ4v) is 2.88. The van der Waals surface area contributed by atoms with Crippen LogP contribution in [0.4, 0.5) is 0 Å². The molecule has 3 rings (SSSR count). The van der Waals surface area contributed by atoms with E-state index in [-0.39, 0.29) is 17.2 Å². The van der Waals surface area contributed by atoms with Gasteiger partial charge < -0.3 is 0 Å². The molecule has 1 amide bonds. The monoisotopic (exact) mass is 320 g/mol. The summed E-state index contributed by atoms with van der Waals surface area (Å²) in [5, 5.41) is 4.10. The number of rotatable bonds is 4. The fraction of sp³-hybridized carbons (Fsp3) is 0.333. The van der Waals surface area contributed by atoms with Gasteiger partial charge in [0.25, 0.3) is 0 Å². The highest BCUT2D eigenvalue weighted by Gasteiger charge is 2.43. The number of benzene rings is 2. The molecule has 0 radical (unpaired) electrons.